The number of aryl methyl sites for hydroxylation is 1. The molecule has 2 amide bonds. The molecular formula is C18H19FN2O4. The number of nitrogens with one attached hydrogen (secondary N) is 2. The van der Waals surface area contributed by atoms with Crippen molar-refractivity contribution in [2.24, 2.45) is 0 Å². The van der Waals surface area contributed by atoms with Crippen LogP contribution in [0.1, 0.15) is 18.9 Å². The number of ether oxygens (including phenoxy) is 1. The third-order valence-corrected chi connectivity index (χ3v) is 3.45. The predicted octanol–water partition coefficient (Wildman–Crippen LogP) is 2.08. The van der Waals surface area contributed by atoms with Gasteiger partial charge in [-0.15, -0.1) is 0 Å². The highest BCUT2D eigenvalue weighted by Gasteiger charge is 2.17. The van der Waals surface area contributed by atoms with Crippen molar-refractivity contribution >= 4 is 11.8 Å². The topological polar surface area (TPSA) is 87.7 Å². The highest BCUT2D eigenvalue weighted by molar-refractivity contribution is 5.84. The first kappa shape index (κ1) is 18.3. The number of aromatic hydroxyl groups is 1. The van der Waals surface area contributed by atoms with Crippen molar-refractivity contribution in [1.82, 2.24) is 10.9 Å². The second-order valence-electron chi connectivity index (χ2n) is 5.36. The Kier molecular flexibility index (Phi) is 6.33. The van der Waals surface area contributed by atoms with Crippen LogP contribution in [0.4, 0.5) is 4.39 Å². The first-order valence-corrected chi connectivity index (χ1v) is 7.74. The molecule has 0 spiro atoms. The third kappa shape index (κ3) is 5.49. The number of phenols is 1. The van der Waals surface area contributed by atoms with E-state index in [9.17, 15) is 19.1 Å². The van der Waals surface area contributed by atoms with E-state index in [1.54, 1.807) is 24.3 Å². The fourth-order valence-corrected chi connectivity index (χ4v) is 2.05. The Morgan fingerprint density at radius 2 is 1.80 bits per heavy atom. The summed E-state index contributed by atoms with van der Waals surface area (Å²) in [4.78, 5) is 23.6. The molecule has 2 rings (SSSR count). The summed E-state index contributed by atoms with van der Waals surface area (Å²) in [5.74, 6) is -1.54. The van der Waals surface area contributed by atoms with Gasteiger partial charge in [-0.25, -0.2) is 4.39 Å². The normalized spacial score (nSPS) is 11.4. The van der Waals surface area contributed by atoms with Crippen molar-refractivity contribution in [3.63, 3.8) is 0 Å². The quantitative estimate of drug-likeness (QED) is 0.699. The SMILES string of the molecule is CC(Oc1ccccc1F)C(=O)NNC(=O)CCc1ccccc1O. The highest BCUT2D eigenvalue weighted by atomic mass is 19.1. The number of benzene rings is 2. The zero-order valence-corrected chi connectivity index (χ0v) is 13.7. The second-order valence-corrected chi connectivity index (χ2v) is 5.36. The Morgan fingerprint density at radius 3 is 2.52 bits per heavy atom. The van der Waals surface area contributed by atoms with Crippen LogP contribution < -0.4 is 15.6 Å². The number of halogens is 1. The third-order valence-electron chi connectivity index (χ3n) is 3.45. The lowest BCUT2D eigenvalue weighted by Crippen LogP contribution is -2.47. The van der Waals surface area contributed by atoms with E-state index >= 15 is 0 Å². The first-order valence-electron chi connectivity index (χ1n) is 7.74. The van der Waals surface area contributed by atoms with Crippen molar-refractivity contribution in [2.45, 2.75) is 25.9 Å². The molecule has 0 heterocycles. The van der Waals surface area contributed by atoms with Gasteiger partial charge < -0.3 is 9.84 Å². The van der Waals surface area contributed by atoms with Gasteiger partial charge in [0.25, 0.3) is 5.91 Å². The number of hydrogen-bond donors (Lipinski definition) is 3. The first-order chi connectivity index (χ1) is 12.0. The van der Waals surface area contributed by atoms with Gasteiger partial charge in [0.2, 0.25) is 5.91 Å². The van der Waals surface area contributed by atoms with Crippen LogP contribution in [0, 0.1) is 5.82 Å². The van der Waals surface area contributed by atoms with Gasteiger partial charge in [0, 0.05) is 6.42 Å². The van der Waals surface area contributed by atoms with Gasteiger partial charge in [-0.05, 0) is 37.1 Å². The van der Waals surface area contributed by atoms with E-state index < -0.39 is 23.7 Å². The molecule has 0 aliphatic carbocycles. The molecule has 0 radical (unpaired) electrons. The molecular weight excluding hydrogens is 327 g/mol. The number of carbonyl (C=O) groups excluding carboxylic acids is 2. The van der Waals surface area contributed by atoms with Gasteiger partial charge in [-0.2, -0.15) is 0 Å². The van der Waals surface area contributed by atoms with E-state index in [0.717, 1.165) is 0 Å². The van der Waals surface area contributed by atoms with Crippen LogP contribution in [0.3, 0.4) is 0 Å². The molecule has 1 atom stereocenters. The number of carbonyl (C=O) groups is 2. The summed E-state index contributed by atoms with van der Waals surface area (Å²) in [6.45, 7) is 1.44. The van der Waals surface area contributed by atoms with Crippen molar-refractivity contribution in [2.75, 3.05) is 0 Å². The summed E-state index contributed by atoms with van der Waals surface area (Å²) in [5.41, 5.74) is 5.12. The molecule has 0 aromatic heterocycles. The molecule has 2 aromatic carbocycles. The number of rotatable bonds is 6. The number of phenolic OH excluding ortho intramolecular Hbond substituents is 1. The largest absolute Gasteiger partial charge is 0.508 e. The van der Waals surface area contributed by atoms with Crippen LogP contribution in [0.25, 0.3) is 0 Å². The number of hydrogen-bond acceptors (Lipinski definition) is 4. The molecule has 0 saturated heterocycles. The summed E-state index contributed by atoms with van der Waals surface area (Å²) in [7, 11) is 0. The van der Waals surface area contributed by atoms with Crippen LogP contribution >= 0.6 is 0 Å². The number of para-hydroxylation sites is 2. The molecule has 0 aliphatic heterocycles. The van der Waals surface area contributed by atoms with Crippen molar-refractivity contribution < 1.29 is 23.8 Å². The van der Waals surface area contributed by atoms with Gasteiger partial charge in [-0.1, -0.05) is 30.3 Å². The molecule has 2 aromatic rings. The monoisotopic (exact) mass is 346 g/mol. The Hall–Kier alpha value is -3.09. The van der Waals surface area contributed by atoms with E-state index in [1.165, 1.54) is 31.2 Å². The summed E-state index contributed by atoms with van der Waals surface area (Å²) >= 11 is 0. The average Bonchev–Trinajstić information content (AvgIpc) is 2.60. The van der Waals surface area contributed by atoms with Crippen LogP contribution in [0.5, 0.6) is 11.5 Å². The lowest BCUT2D eigenvalue weighted by Gasteiger charge is -2.15. The van der Waals surface area contributed by atoms with E-state index in [-0.39, 0.29) is 17.9 Å². The molecule has 0 fully saturated rings. The zero-order chi connectivity index (χ0) is 18.2. The van der Waals surface area contributed by atoms with E-state index in [0.29, 0.717) is 12.0 Å². The van der Waals surface area contributed by atoms with Crippen molar-refractivity contribution in [3.8, 4) is 11.5 Å². The fraction of sp³-hybridized carbons (Fsp3) is 0.222. The highest BCUT2D eigenvalue weighted by Crippen LogP contribution is 2.17. The summed E-state index contributed by atoms with van der Waals surface area (Å²) in [6.07, 6.45) is -0.578. The Morgan fingerprint density at radius 1 is 1.12 bits per heavy atom. The molecule has 0 saturated carbocycles. The van der Waals surface area contributed by atoms with Crippen LogP contribution in [0.2, 0.25) is 0 Å². The smallest absolute Gasteiger partial charge is 0.279 e. The van der Waals surface area contributed by atoms with Crippen molar-refractivity contribution in [3.05, 3.63) is 59.9 Å². The summed E-state index contributed by atoms with van der Waals surface area (Å²) in [5, 5.41) is 9.63. The zero-order valence-electron chi connectivity index (χ0n) is 13.7. The van der Waals surface area contributed by atoms with Gasteiger partial charge in [0.15, 0.2) is 17.7 Å². The molecule has 0 bridgehead atoms. The van der Waals surface area contributed by atoms with Crippen LogP contribution in [-0.4, -0.2) is 23.0 Å². The molecule has 1 unspecified atom stereocenters. The number of hydrazine groups is 1. The van der Waals surface area contributed by atoms with Gasteiger partial charge in [-0.3, -0.25) is 20.4 Å². The molecule has 6 nitrogen and oxygen atoms in total. The summed E-state index contributed by atoms with van der Waals surface area (Å²) < 4.78 is 18.7. The lowest BCUT2D eigenvalue weighted by atomic mass is 10.1. The molecule has 3 N–H and O–H groups in total. The lowest BCUT2D eigenvalue weighted by molar-refractivity contribution is -0.132. The minimum absolute atomic E-state index is 0.0453. The molecule has 25 heavy (non-hydrogen) atoms. The Labute approximate surface area is 144 Å². The van der Waals surface area contributed by atoms with Gasteiger partial charge in [0.1, 0.15) is 5.75 Å². The predicted molar refractivity (Wildman–Crippen MR) is 89.2 cm³/mol. The van der Waals surface area contributed by atoms with Gasteiger partial charge in [0.05, 0.1) is 0 Å². The Balaban J connectivity index is 1.76. The van der Waals surface area contributed by atoms with E-state index in [4.69, 9.17) is 4.74 Å². The minimum atomic E-state index is -0.990. The maximum absolute atomic E-state index is 13.5. The van der Waals surface area contributed by atoms with E-state index in [2.05, 4.69) is 10.9 Å². The second kappa shape index (κ2) is 8.68. The maximum Gasteiger partial charge on any atom is 0.279 e. The maximum atomic E-state index is 13.5. The minimum Gasteiger partial charge on any atom is -0.508 e. The summed E-state index contributed by atoms with van der Waals surface area (Å²) in [6, 6.07) is 12.4. The fourth-order valence-electron chi connectivity index (χ4n) is 2.05. The van der Waals surface area contributed by atoms with Crippen LogP contribution in [-0.2, 0) is 16.0 Å². The average molecular weight is 346 g/mol. The van der Waals surface area contributed by atoms with Gasteiger partial charge >= 0.3 is 0 Å². The number of amides is 2. The van der Waals surface area contributed by atoms with E-state index in [1.807, 2.05) is 0 Å². The molecule has 0 aliphatic rings. The van der Waals surface area contributed by atoms with Crippen LogP contribution in [0.15, 0.2) is 48.5 Å². The standard InChI is InChI=1S/C18H19FN2O4/c1-12(25-16-9-5-3-7-14(16)19)18(24)21-20-17(23)11-10-13-6-2-4-8-15(13)22/h2-9,12,22H,10-11H2,1H3,(H,20,23)(H,21,24). The van der Waals surface area contributed by atoms with Crippen molar-refractivity contribution in [1.29, 1.82) is 0 Å². The Bertz CT molecular complexity index is 751. The molecule has 132 valence electrons. The molecule has 7 heteroatoms.